The molecule has 0 unspecified atom stereocenters. The smallest absolute Gasteiger partial charge is 0.287 e. The second-order valence-electron chi connectivity index (χ2n) is 6.07. The first-order valence-electron chi connectivity index (χ1n) is 7.94. The van der Waals surface area contributed by atoms with E-state index < -0.39 is 9.84 Å². The van der Waals surface area contributed by atoms with E-state index in [4.69, 9.17) is 4.42 Å². The fourth-order valence-electron chi connectivity index (χ4n) is 2.30. The quantitative estimate of drug-likeness (QED) is 0.832. The van der Waals surface area contributed by atoms with E-state index in [0.29, 0.717) is 0 Å². The van der Waals surface area contributed by atoms with Crippen LogP contribution in [0.1, 0.15) is 47.7 Å². The van der Waals surface area contributed by atoms with Crippen LogP contribution in [0.15, 0.2) is 40.8 Å². The van der Waals surface area contributed by atoms with E-state index in [1.165, 1.54) is 6.07 Å². The number of carbonyl (C=O) groups is 1. The Balaban J connectivity index is 2.04. The van der Waals surface area contributed by atoms with Crippen LogP contribution in [0.5, 0.6) is 0 Å². The van der Waals surface area contributed by atoms with Gasteiger partial charge in [0.05, 0.1) is 5.75 Å². The van der Waals surface area contributed by atoms with E-state index in [1.807, 2.05) is 39.0 Å². The lowest BCUT2D eigenvalue weighted by atomic mass is 10.2. The van der Waals surface area contributed by atoms with Crippen molar-refractivity contribution in [3.05, 3.63) is 59.0 Å². The van der Waals surface area contributed by atoms with Crippen molar-refractivity contribution in [1.82, 2.24) is 5.32 Å². The molecule has 1 N–H and O–H groups in total. The maximum absolute atomic E-state index is 12.3. The molecule has 1 aromatic carbocycles. The van der Waals surface area contributed by atoms with Crippen molar-refractivity contribution in [2.24, 2.45) is 0 Å². The highest BCUT2D eigenvalue weighted by molar-refractivity contribution is 7.89. The number of amides is 1. The van der Waals surface area contributed by atoms with Gasteiger partial charge >= 0.3 is 0 Å². The average molecular weight is 349 g/mol. The molecule has 0 saturated carbocycles. The zero-order chi connectivity index (χ0) is 17.7. The summed E-state index contributed by atoms with van der Waals surface area (Å²) in [6.45, 7) is 5.79. The zero-order valence-corrected chi connectivity index (χ0v) is 15.0. The maximum Gasteiger partial charge on any atom is 0.287 e. The Morgan fingerprint density at radius 1 is 1.21 bits per heavy atom. The number of sulfone groups is 1. The number of benzene rings is 1. The Kier molecular flexibility index (Phi) is 5.83. The molecule has 0 bridgehead atoms. The number of nitrogens with one attached hydrogen (secondary N) is 1. The van der Waals surface area contributed by atoms with Gasteiger partial charge in [-0.2, -0.15) is 0 Å². The summed E-state index contributed by atoms with van der Waals surface area (Å²) in [6.07, 6.45) is 0.810. The first kappa shape index (κ1) is 18.3. The molecule has 2 aromatic rings. The van der Waals surface area contributed by atoms with Crippen molar-refractivity contribution in [3.8, 4) is 0 Å². The SMILES string of the molecule is CC[C@H](C)NC(=O)c1ccc(CS(=O)(=O)Cc2cccc(C)c2)o1. The van der Waals surface area contributed by atoms with Gasteiger partial charge in [0.25, 0.3) is 5.91 Å². The molecule has 24 heavy (non-hydrogen) atoms. The largest absolute Gasteiger partial charge is 0.455 e. The molecule has 0 saturated heterocycles. The van der Waals surface area contributed by atoms with Gasteiger partial charge in [0.2, 0.25) is 0 Å². The lowest BCUT2D eigenvalue weighted by Crippen LogP contribution is -2.31. The van der Waals surface area contributed by atoms with Gasteiger partial charge in [0.15, 0.2) is 15.6 Å². The third-order valence-corrected chi connectivity index (χ3v) is 5.20. The number of rotatable bonds is 7. The fourth-order valence-corrected chi connectivity index (χ4v) is 3.68. The molecule has 0 aliphatic heterocycles. The number of hydrogen-bond acceptors (Lipinski definition) is 4. The lowest BCUT2D eigenvalue weighted by molar-refractivity contribution is 0.0909. The predicted octanol–water partition coefficient (Wildman–Crippen LogP) is 3.23. The van der Waals surface area contributed by atoms with E-state index in [9.17, 15) is 13.2 Å². The third kappa shape index (κ3) is 5.23. The van der Waals surface area contributed by atoms with Gasteiger partial charge in [-0.3, -0.25) is 4.79 Å². The van der Waals surface area contributed by atoms with Gasteiger partial charge in [-0.05, 0) is 38.0 Å². The molecule has 1 atom stereocenters. The summed E-state index contributed by atoms with van der Waals surface area (Å²) in [5, 5.41) is 2.79. The Labute approximate surface area is 143 Å². The van der Waals surface area contributed by atoms with Gasteiger partial charge < -0.3 is 9.73 Å². The van der Waals surface area contributed by atoms with Gasteiger partial charge in [0, 0.05) is 6.04 Å². The highest BCUT2D eigenvalue weighted by Crippen LogP contribution is 2.16. The van der Waals surface area contributed by atoms with Crippen molar-refractivity contribution in [1.29, 1.82) is 0 Å². The van der Waals surface area contributed by atoms with Crippen molar-refractivity contribution in [2.45, 2.75) is 44.7 Å². The van der Waals surface area contributed by atoms with Gasteiger partial charge in [-0.25, -0.2) is 8.42 Å². The minimum absolute atomic E-state index is 0.0381. The average Bonchev–Trinajstić information content (AvgIpc) is 2.94. The normalized spacial score (nSPS) is 12.8. The molecule has 0 fully saturated rings. The molecule has 1 amide bonds. The van der Waals surface area contributed by atoms with Crippen LogP contribution in [-0.2, 0) is 21.3 Å². The minimum atomic E-state index is -3.37. The molecular formula is C18H23NO4S. The minimum Gasteiger partial charge on any atom is -0.455 e. The van der Waals surface area contributed by atoms with Crippen LogP contribution in [-0.4, -0.2) is 20.4 Å². The van der Waals surface area contributed by atoms with Crippen LogP contribution in [0.3, 0.4) is 0 Å². The van der Waals surface area contributed by atoms with E-state index in [-0.39, 0.29) is 35.0 Å². The summed E-state index contributed by atoms with van der Waals surface area (Å²) in [7, 11) is -3.37. The Morgan fingerprint density at radius 2 is 1.96 bits per heavy atom. The second kappa shape index (κ2) is 7.66. The molecule has 0 aliphatic carbocycles. The summed E-state index contributed by atoms with van der Waals surface area (Å²) in [5.41, 5.74) is 1.76. The van der Waals surface area contributed by atoms with Gasteiger partial charge in [0.1, 0.15) is 11.5 Å². The van der Waals surface area contributed by atoms with Gasteiger partial charge in [-0.1, -0.05) is 36.8 Å². The molecule has 1 aromatic heterocycles. The topological polar surface area (TPSA) is 76.4 Å². The molecule has 0 spiro atoms. The third-order valence-electron chi connectivity index (χ3n) is 3.71. The summed E-state index contributed by atoms with van der Waals surface area (Å²) in [5.74, 6) is -0.193. The van der Waals surface area contributed by atoms with Crippen LogP contribution < -0.4 is 5.32 Å². The highest BCUT2D eigenvalue weighted by Gasteiger charge is 2.18. The molecule has 5 nitrogen and oxygen atoms in total. The molecule has 0 radical (unpaired) electrons. The zero-order valence-electron chi connectivity index (χ0n) is 14.2. The van der Waals surface area contributed by atoms with Crippen molar-refractivity contribution >= 4 is 15.7 Å². The lowest BCUT2D eigenvalue weighted by Gasteiger charge is -2.09. The molecule has 0 aliphatic rings. The van der Waals surface area contributed by atoms with E-state index in [2.05, 4.69) is 5.32 Å². The second-order valence-corrected chi connectivity index (χ2v) is 8.13. The summed E-state index contributed by atoms with van der Waals surface area (Å²) in [6, 6.07) is 10.5. The molecular weight excluding hydrogens is 326 g/mol. The van der Waals surface area contributed by atoms with Crippen molar-refractivity contribution in [2.75, 3.05) is 0 Å². The van der Waals surface area contributed by atoms with Crippen LogP contribution in [0, 0.1) is 6.92 Å². The fraction of sp³-hybridized carbons (Fsp3) is 0.389. The standard InChI is InChI=1S/C18H23NO4S/c1-4-14(3)19-18(20)17-9-8-16(23-17)12-24(21,22)11-15-7-5-6-13(2)10-15/h5-10,14H,4,11-12H2,1-3H3,(H,19,20)/t14-/m0/s1. The first-order chi connectivity index (χ1) is 11.3. The predicted molar refractivity (Wildman–Crippen MR) is 93.4 cm³/mol. The number of carbonyl (C=O) groups excluding carboxylic acids is 1. The van der Waals surface area contributed by atoms with Crippen LogP contribution in [0.4, 0.5) is 0 Å². The Hall–Kier alpha value is -2.08. The Morgan fingerprint density at radius 3 is 2.62 bits per heavy atom. The molecule has 6 heteroatoms. The van der Waals surface area contributed by atoms with Gasteiger partial charge in [-0.15, -0.1) is 0 Å². The van der Waals surface area contributed by atoms with E-state index >= 15 is 0 Å². The summed E-state index contributed by atoms with van der Waals surface area (Å²) < 4.78 is 30.0. The highest BCUT2D eigenvalue weighted by atomic mass is 32.2. The molecule has 130 valence electrons. The van der Waals surface area contributed by atoms with E-state index in [1.54, 1.807) is 12.1 Å². The maximum atomic E-state index is 12.3. The molecule has 2 rings (SSSR count). The summed E-state index contributed by atoms with van der Waals surface area (Å²) in [4.78, 5) is 12.0. The Bertz CT molecular complexity index is 808. The summed E-state index contributed by atoms with van der Waals surface area (Å²) >= 11 is 0. The number of hydrogen-bond donors (Lipinski definition) is 1. The first-order valence-corrected chi connectivity index (χ1v) is 9.76. The number of furan rings is 1. The monoisotopic (exact) mass is 349 g/mol. The molecule has 1 heterocycles. The van der Waals surface area contributed by atoms with Crippen LogP contribution >= 0.6 is 0 Å². The number of aryl methyl sites for hydroxylation is 1. The van der Waals surface area contributed by atoms with Crippen LogP contribution in [0.25, 0.3) is 0 Å². The van der Waals surface area contributed by atoms with E-state index in [0.717, 1.165) is 17.5 Å². The van der Waals surface area contributed by atoms with Crippen molar-refractivity contribution < 1.29 is 17.6 Å². The van der Waals surface area contributed by atoms with Crippen molar-refractivity contribution in [3.63, 3.8) is 0 Å². The van der Waals surface area contributed by atoms with Crippen LogP contribution in [0.2, 0.25) is 0 Å².